The highest BCUT2D eigenvalue weighted by Crippen LogP contribution is 2.33. The maximum Gasteiger partial charge on any atom is 0.475 e. The first kappa shape index (κ1) is 13.1. The smallest absolute Gasteiger partial charge is 0.305 e. The molecular weight excluding hydrogens is 241 g/mol. The van der Waals surface area contributed by atoms with Crippen LogP contribution in [0.1, 0.15) is 27.2 Å². The van der Waals surface area contributed by atoms with Gasteiger partial charge in [-0.1, -0.05) is 6.92 Å². The first-order valence-corrected chi connectivity index (χ1v) is 5.85. The van der Waals surface area contributed by atoms with Crippen LogP contribution < -0.4 is 10.9 Å². The van der Waals surface area contributed by atoms with Crippen molar-refractivity contribution in [3.63, 3.8) is 0 Å². The summed E-state index contributed by atoms with van der Waals surface area (Å²) in [6.07, 6.45) is 0.546. The molecule has 0 amide bonds. The lowest BCUT2D eigenvalue weighted by atomic mass is 10.1. The van der Waals surface area contributed by atoms with E-state index in [2.05, 4.69) is 10.9 Å². The monoisotopic (exact) mass is 254 g/mol. The average molecular weight is 254 g/mol. The number of rotatable bonds is 2. The van der Waals surface area contributed by atoms with E-state index in [9.17, 15) is 17.4 Å². The van der Waals surface area contributed by atoms with Crippen molar-refractivity contribution in [2.24, 2.45) is 0 Å². The summed E-state index contributed by atoms with van der Waals surface area (Å²) in [7, 11) is -2.99. The average Bonchev–Trinajstić information content (AvgIpc) is 2.16. The molecule has 0 bridgehead atoms. The van der Waals surface area contributed by atoms with E-state index < -0.39 is 16.3 Å². The van der Waals surface area contributed by atoms with E-state index in [4.69, 9.17) is 0 Å². The predicted molar refractivity (Wildman–Crippen MR) is 56.2 cm³/mol. The number of hydrazine groups is 1. The largest absolute Gasteiger partial charge is 0.475 e. The van der Waals surface area contributed by atoms with E-state index in [0.717, 1.165) is 0 Å². The molecule has 0 radical (unpaired) electrons. The van der Waals surface area contributed by atoms with Crippen molar-refractivity contribution in [1.29, 1.82) is 0 Å². The van der Waals surface area contributed by atoms with Crippen LogP contribution in [0.2, 0.25) is 0 Å². The van der Waals surface area contributed by atoms with Gasteiger partial charge in [-0.25, -0.2) is 4.21 Å². The van der Waals surface area contributed by atoms with Crippen molar-refractivity contribution in [2.75, 3.05) is 0 Å². The van der Waals surface area contributed by atoms with Crippen LogP contribution in [0.3, 0.4) is 0 Å². The van der Waals surface area contributed by atoms with Crippen LogP contribution >= 0.6 is 0 Å². The Morgan fingerprint density at radius 2 is 1.81 bits per heavy atom. The summed E-state index contributed by atoms with van der Waals surface area (Å²) in [4.78, 5) is -0.178. The molecule has 0 saturated heterocycles. The van der Waals surface area contributed by atoms with Crippen LogP contribution in [0.4, 0.5) is 13.2 Å². The molecule has 16 heavy (non-hydrogen) atoms. The Balaban J connectivity index is 3.20. The number of allylic oxidation sites excluding steroid dienone is 3. The Kier molecular flexibility index (Phi) is 3.67. The predicted octanol–water partition coefficient (Wildman–Crippen LogP) is 2.28. The van der Waals surface area contributed by atoms with Crippen LogP contribution in [-0.2, 0) is 10.8 Å². The maximum atomic E-state index is 12.4. The van der Waals surface area contributed by atoms with Crippen LogP contribution in [-0.4, -0.2) is 9.72 Å². The molecule has 0 aromatic carbocycles. The molecule has 0 aromatic heterocycles. The van der Waals surface area contributed by atoms with Gasteiger partial charge in [0.15, 0.2) is 10.8 Å². The number of halogens is 3. The third kappa shape index (κ3) is 2.40. The number of hydrogen-bond donors (Lipinski definition) is 2. The second-order valence-electron chi connectivity index (χ2n) is 3.38. The van der Waals surface area contributed by atoms with Gasteiger partial charge in [0.25, 0.3) is 0 Å². The minimum absolute atomic E-state index is 0.178. The van der Waals surface area contributed by atoms with Crippen molar-refractivity contribution >= 4 is 10.8 Å². The van der Waals surface area contributed by atoms with Gasteiger partial charge in [0, 0.05) is 11.4 Å². The Labute approximate surface area is 94.2 Å². The summed E-state index contributed by atoms with van der Waals surface area (Å²) in [5.41, 5.74) is 1.91. The fourth-order valence-electron chi connectivity index (χ4n) is 1.49. The van der Waals surface area contributed by atoms with Crippen LogP contribution in [0.25, 0.3) is 0 Å². The van der Waals surface area contributed by atoms with E-state index in [1.807, 2.05) is 6.92 Å². The molecule has 92 valence electrons. The molecule has 0 aromatic rings. The lowest BCUT2D eigenvalue weighted by Crippen LogP contribution is -2.37. The Morgan fingerprint density at radius 1 is 1.25 bits per heavy atom. The molecule has 0 aliphatic carbocycles. The van der Waals surface area contributed by atoms with E-state index in [-0.39, 0.29) is 10.6 Å². The molecule has 0 fully saturated rings. The van der Waals surface area contributed by atoms with Gasteiger partial charge < -0.3 is 10.9 Å². The molecular formula is C9H13F3N2OS. The van der Waals surface area contributed by atoms with E-state index in [1.165, 1.54) is 13.8 Å². The fraction of sp³-hybridized carbons (Fsp3) is 0.556. The van der Waals surface area contributed by atoms with Gasteiger partial charge in [-0.05, 0) is 25.8 Å². The quantitative estimate of drug-likeness (QED) is 0.794. The topological polar surface area (TPSA) is 41.1 Å². The minimum atomic E-state index is -4.73. The highest BCUT2D eigenvalue weighted by molar-refractivity contribution is 7.90. The lowest BCUT2D eigenvalue weighted by molar-refractivity contribution is -0.0377. The zero-order valence-electron chi connectivity index (χ0n) is 9.16. The standard InChI is InChI=1S/C9H13F3N2OS/c1-4-7-5(2)8(6(3)13-14-7)16(15)9(10,11)12/h13-14H,4H2,1-3H3. The van der Waals surface area contributed by atoms with Crippen LogP contribution in [0, 0.1) is 0 Å². The number of nitrogens with one attached hydrogen (secondary N) is 2. The molecule has 0 spiro atoms. The molecule has 3 nitrogen and oxygen atoms in total. The molecule has 1 rings (SSSR count). The van der Waals surface area contributed by atoms with Gasteiger partial charge in [0.05, 0.1) is 4.91 Å². The second kappa shape index (κ2) is 4.48. The molecule has 2 N–H and O–H groups in total. The molecule has 1 aliphatic heterocycles. The third-order valence-corrected chi connectivity index (χ3v) is 3.69. The SMILES string of the molecule is CCC1=C(C)C(S(=O)C(F)(F)F)=C(C)NN1. The van der Waals surface area contributed by atoms with E-state index in [1.54, 1.807) is 0 Å². The summed E-state index contributed by atoms with van der Waals surface area (Å²) in [6.45, 7) is 4.80. The highest BCUT2D eigenvalue weighted by atomic mass is 32.2. The van der Waals surface area contributed by atoms with Gasteiger partial charge in [-0.15, -0.1) is 0 Å². The first-order chi connectivity index (χ1) is 7.29. The number of hydrogen-bond acceptors (Lipinski definition) is 3. The zero-order valence-corrected chi connectivity index (χ0v) is 9.97. The van der Waals surface area contributed by atoms with E-state index >= 15 is 0 Å². The lowest BCUT2D eigenvalue weighted by Gasteiger charge is -2.25. The van der Waals surface area contributed by atoms with E-state index in [0.29, 0.717) is 17.7 Å². The summed E-state index contributed by atoms with van der Waals surface area (Å²) in [5, 5.41) is 0. The zero-order chi connectivity index (χ0) is 12.5. The first-order valence-electron chi connectivity index (χ1n) is 4.70. The second-order valence-corrected chi connectivity index (χ2v) is 4.78. The van der Waals surface area contributed by atoms with Crippen molar-refractivity contribution in [3.05, 3.63) is 21.9 Å². The summed E-state index contributed by atoms with van der Waals surface area (Å²) in [6, 6.07) is 0. The Hall–Kier alpha value is -0.980. The Bertz CT molecular complexity index is 385. The molecule has 1 heterocycles. The van der Waals surface area contributed by atoms with Gasteiger partial charge in [-0.2, -0.15) is 13.2 Å². The normalized spacial score (nSPS) is 19.4. The van der Waals surface area contributed by atoms with Crippen LogP contribution in [0.5, 0.6) is 0 Å². The Morgan fingerprint density at radius 3 is 2.25 bits per heavy atom. The van der Waals surface area contributed by atoms with Crippen molar-refractivity contribution in [1.82, 2.24) is 10.9 Å². The van der Waals surface area contributed by atoms with Gasteiger partial charge in [0.1, 0.15) is 0 Å². The van der Waals surface area contributed by atoms with Gasteiger partial charge >= 0.3 is 5.51 Å². The fourth-order valence-corrected chi connectivity index (χ4v) is 2.45. The van der Waals surface area contributed by atoms with Crippen molar-refractivity contribution in [3.8, 4) is 0 Å². The van der Waals surface area contributed by atoms with Gasteiger partial charge in [0.2, 0.25) is 0 Å². The minimum Gasteiger partial charge on any atom is -0.305 e. The summed E-state index contributed by atoms with van der Waals surface area (Å²) >= 11 is 0. The summed E-state index contributed by atoms with van der Waals surface area (Å²) in [5.74, 6) is 0. The van der Waals surface area contributed by atoms with Gasteiger partial charge in [-0.3, -0.25) is 0 Å². The maximum absolute atomic E-state index is 12.4. The van der Waals surface area contributed by atoms with Crippen molar-refractivity contribution < 1.29 is 17.4 Å². The third-order valence-electron chi connectivity index (χ3n) is 2.28. The molecule has 1 atom stereocenters. The van der Waals surface area contributed by atoms with Crippen molar-refractivity contribution in [2.45, 2.75) is 32.7 Å². The number of alkyl halides is 3. The molecule has 0 saturated carbocycles. The summed E-state index contributed by atoms with van der Waals surface area (Å²) < 4.78 is 48.5. The molecule has 1 aliphatic rings. The molecule has 7 heteroatoms. The molecule has 1 unspecified atom stereocenters. The van der Waals surface area contributed by atoms with Crippen LogP contribution in [0.15, 0.2) is 21.9 Å². The highest BCUT2D eigenvalue weighted by Gasteiger charge is 2.41.